The number of nitrogens with zero attached hydrogens (tertiary/aromatic N) is 1. The number of rotatable bonds is 2. The standard InChI is InChI=1S/C19H23NO3/c21-16-5-6-17-15(9-19(22)23-18(17)10-16)12-20-8-7-13-3-1-2-4-14(13)11-20/h5-6,9-10,13-14,21H,1-4,7-8,11-12H2/t13-,14+/m0/s1. The van der Waals surface area contributed by atoms with Gasteiger partial charge in [0.1, 0.15) is 11.3 Å². The Morgan fingerprint density at radius 2 is 1.96 bits per heavy atom. The first-order valence-corrected chi connectivity index (χ1v) is 8.67. The summed E-state index contributed by atoms with van der Waals surface area (Å²) >= 11 is 0. The fourth-order valence-electron chi connectivity index (χ4n) is 4.41. The maximum absolute atomic E-state index is 11.8. The van der Waals surface area contributed by atoms with Crippen molar-refractivity contribution in [2.24, 2.45) is 11.8 Å². The SMILES string of the molecule is O=c1cc(CN2CC[C@@H]3CCCC[C@@H]3C2)c2ccc(O)cc2o1. The number of likely N-dealkylation sites (tertiary alicyclic amines) is 1. The summed E-state index contributed by atoms with van der Waals surface area (Å²) in [5.41, 5.74) is 1.14. The van der Waals surface area contributed by atoms with Crippen LogP contribution in [0.15, 0.2) is 33.5 Å². The lowest BCUT2D eigenvalue weighted by atomic mass is 9.75. The smallest absolute Gasteiger partial charge is 0.336 e. The highest BCUT2D eigenvalue weighted by atomic mass is 16.4. The van der Waals surface area contributed by atoms with Crippen LogP contribution in [0.3, 0.4) is 0 Å². The van der Waals surface area contributed by atoms with Crippen molar-refractivity contribution in [1.82, 2.24) is 4.90 Å². The molecule has 122 valence electrons. The van der Waals surface area contributed by atoms with Gasteiger partial charge in [0.2, 0.25) is 0 Å². The summed E-state index contributed by atoms with van der Waals surface area (Å²) in [5.74, 6) is 1.86. The first kappa shape index (κ1) is 14.8. The predicted molar refractivity (Wildman–Crippen MR) is 89.5 cm³/mol. The van der Waals surface area contributed by atoms with E-state index in [0.29, 0.717) is 5.58 Å². The van der Waals surface area contributed by atoms with Crippen LogP contribution in [0.2, 0.25) is 0 Å². The topological polar surface area (TPSA) is 53.7 Å². The molecule has 1 saturated carbocycles. The van der Waals surface area contributed by atoms with Crippen LogP contribution < -0.4 is 5.63 Å². The molecule has 2 aromatic rings. The molecular weight excluding hydrogens is 290 g/mol. The second-order valence-electron chi connectivity index (χ2n) is 7.10. The van der Waals surface area contributed by atoms with Crippen molar-refractivity contribution in [3.63, 3.8) is 0 Å². The molecule has 1 saturated heterocycles. The number of phenols is 1. The minimum absolute atomic E-state index is 0.126. The summed E-state index contributed by atoms with van der Waals surface area (Å²) in [6.45, 7) is 3.04. The van der Waals surface area contributed by atoms with Crippen LogP contribution in [0.4, 0.5) is 0 Å². The molecular formula is C19H23NO3. The van der Waals surface area contributed by atoms with E-state index in [0.717, 1.165) is 42.4 Å². The third kappa shape index (κ3) is 3.00. The molecule has 0 bridgehead atoms. The zero-order chi connectivity index (χ0) is 15.8. The number of aromatic hydroxyl groups is 1. The number of piperidine rings is 1. The van der Waals surface area contributed by atoms with Crippen LogP contribution in [0, 0.1) is 11.8 Å². The Hall–Kier alpha value is -1.81. The predicted octanol–water partition coefficient (Wildman–Crippen LogP) is 3.51. The van der Waals surface area contributed by atoms with Gasteiger partial charge < -0.3 is 9.52 Å². The Morgan fingerprint density at radius 3 is 2.83 bits per heavy atom. The molecule has 0 amide bonds. The second-order valence-corrected chi connectivity index (χ2v) is 7.10. The average Bonchev–Trinajstić information content (AvgIpc) is 2.54. The summed E-state index contributed by atoms with van der Waals surface area (Å²) in [6, 6.07) is 6.62. The molecule has 1 aromatic heterocycles. The quantitative estimate of drug-likeness (QED) is 0.862. The number of hydrogen-bond donors (Lipinski definition) is 1. The molecule has 2 atom stereocenters. The highest BCUT2D eigenvalue weighted by Crippen LogP contribution is 2.36. The van der Waals surface area contributed by atoms with Gasteiger partial charge in [-0.2, -0.15) is 0 Å². The lowest BCUT2D eigenvalue weighted by Gasteiger charge is -2.41. The number of hydrogen-bond acceptors (Lipinski definition) is 4. The number of phenolic OH excluding ortho intramolecular Hbond substituents is 1. The van der Waals surface area contributed by atoms with Crippen LogP contribution in [0.25, 0.3) is 11.0 Å². The highest BCUT2D eigenvalue weighted by Gasteiger charge is 2.31. The average molecular weight is 313 g/mol. The highest BCUT2D eigenvalue weighted by molar-refractivity contribution is 5.81. The minimum atomic E-state index is -0.342. The minimum Gasteiger partial charge on any atom is -0.508 e. The summed E-state index contributed by atoms with van der Waals surface area (Å²) < 4.78 is 5.22. The summed E-state index contributed by atoms with van der Waals surface area (Å²) in [5, 5.41) is 10.5. The van der Waals surface area contributed by atoms with Crippen molar-refractivity contribution in [3.05, 3.63) is 40.2 Å². The zero-order valence-corrected chi connectivity index (χ0v) is 13.3. The zero-order valence-electron chi connectivity index (χ0n) is 13.3. The van der Waals surface area contributed by atoms with Crippen LogP contribution in [-0.2, 0) is 6.54 Å². The summed E-state index contributed by atoms with van der Waals surface area (Å²) in [4.78, 5) is 14.3. The molecule has 1 aromatic carbocycles. The molecule has 4 heteroatoms. The Bertz CT molecular complexity index is 767. The molecule has 2 aliphatic rings. The van der Waals surface area contributed by atoms with Crippen molar-refractivity contribution < 1.29 is 9.52 Å². The Morgan fingerprint density at radius 1 is 1.13 bits per heavy atom. The molecule has 0 spiro atoms. The van der Waals surface area contributed by atoms with Gasteiger partial charge in [-0.15, -0.1) is 0 Å². The van der Waals surface area contributed by atoms with Crippen molar-refractivity contribution in [2.45, 2.75) is 38.6 Å². The van der Waals surface area contributed by atoms with E-state index in [1.807, 2.05) is 6.07 Å². The van der Waals surface area contributed by atoms with E-state index < -0.39 is 0 Å². The van der Waals surface area contributed by atoms with E-state index >= 15 is 0 Å². The number of benzene rings is 1. The van der Waals surface area contributed by atoms with E-state index in [-0.39, 0.29) is 11.4 Å². The van der Waals surface area contributed by atoms with Gasteiger partial charge >= 0.3 is 5.63 Å². The van der Waals surface area contributed by atoms with Crippen LogP contribution in [0.1, 0.15) is 37.7 Å². The first-order valence-electron chi connectivity index (χ1n) is 8.67. The van der Waals surface area contributed by atoms with E-state index in [2.05, 4.69) is 4.90 Å². The molecule has 4 rings (SSSR count). The molecule has 1 N–H and O–H groups in total. The molecule has 0 unspecified atom stereocenters. The number of fused-ring (bicyclic) bond motifs is 2. The normalized spacial score (nSPS) is 25.4. The molecule has 0 radical (unpaired) electrons. The molecule has 1 aliphatic heterocycles. The van der Waals surface area contributed by atoms with Gasteiger partial charge in [0, 0.05) is 30.6 Å². The second kappa shape index (κ2) is 6.00. The van der Waals surface area contributed by atoms with Gasteiger partial charge in [-0.3, -0.25) is 4.90 Å². The summed E-state index contributed by atoms with van der Waals surface area (Å²) in [6.07, 6.45) is 6.80. The summed E-state index contributed by atoms with van der Waals surface area (Å²) in [7, 11) is 0. The largest absolute Gasteiger partial charge is 0.508 e. The Labute approximate surface area is 135 Å². The van der Waals surface area contributed by atoms with Crippen LogP contribution in [0.5, 0.6) is 5.75 Å². The van der Waals surface area contributed by atoms with Crippen LogP contribution in [-0.4, -0.2) is 23.1 Å². The molecule has 1 aliphatic carbocycles. The first-order chi connectivity index (χ1) is 11.2. The van der Waals surface area contributed by atoms with Crippen molar-refractivity contribution >= 4 is 11.0 Å². The van der Waals surface area contributed by atoms with Gasteiger partial charge in [0.05, 0.1) is 0 Å². The lowest BCUT2D eigenvalue weighted by molar-refractivity contribution is 0.0822. The van der Waals surface area contributed by atoms with E-state index in [1.54, 1.807) is 12.1 Å². The van der Waals surface area contributed by atoms with Gasteiger partial charge in [0.15, 0.2) is 0 Å². The van der Waals surface area contributed by atoms with Crippen molar-refractivity contribution in [3.8, 4) is 5.75 Å². The Kier molecular flexibility index (Phi) is 3.85. The lowest BCUT2D eigenvalue weighted by Crippen LogP contribution is -2.41. The Balaban J connectivity index is 1.59. The third-order valence-corrected chi connectivity index (χ3v) is 5.58. The molecule has 23 heavy (non-hydrogen) atoms. The maximum Gasteiger partial charge on any atom is 0.336 e. The van der Waals surface area contributed by atoms with Gasteiger partial charge in [-0.05, 0) is 48.9 Å². The van der Waals surface area contributed by atoms with Gasteiger partial charge in [-0.1, -0.05) is 19.3 Å². The van der Waals surface area contributed by atoms with Crippen molar-refractivity contribution in [2.75, 3.05) is 13.1 Å². The van der Waals surface area contributed by atoms with E-state index in [9.17, 15) is 9.90 Å². The monoisotopic (exact) mass is 313 g/mol. The molecule has 2 heterocycles. The molecule has 4 nitrogen and oxygen atoms in total. The van der Waals surface area contributed by atoms with Crippen molar-refractivity contribution in [1.29, 1.82) is 0 Å². The van der Waals surface area contributed by atoms with E-state index in [4.69, 9.17) is 4.42 Å². The molecule has 2 fully saturated rings. The maximum atomic E-state index is 11.8. The van der Waals surface area contributed by atoms with Gasteiger partial charge in [0.25, 0.3) is 0 Å². The fourth-order valence-corrected chi connectivity index (χ4v) is 4.41. The van der Waals surface area contributed by atoms with Gasteiger partial charge in [-0.25, -0.2) is 4.79 Å². The fraction of sp³-hybridized carbons (Fsp3) is 0.526. The third-order valence-electron chi connectivity index (χ3n) is 5.58. The van der Waals surface area contributed by atoms with Crippen LogP contribution >= 0.6 is 0 Å². The van der Waals surface area contributed by atoms with E-state index in [1.165, 1.54) is 38.2 Å².